The van der Waals surface area contributed by atoms with E-state index in [2.05, 4.69) is 17.2 Å². The number of hydrogen-bond donors (Lipinski definition) is 2. The van der Waals surface area contributed by atoms with E-state index in [1.807, 2.05) is 6.07 Å². The zero-order valence-electron chi connectivity index (χ0n) is 11.3. The van der Waals surface area contributed by atoms with Crippen LogP contribution in [0, 0.1) is 0 Å². The molecule has 3 heterocycles. The summed E-state index contributed by atoms with van der Waals surface area (Å²) in [6.07, 6.45) is 5.08. The van der Waals surface area contributed by atoms with Crippen LogP contribution in [0.5, 0.6) is 0 Å². The van der Waals surface area contributed by atoms with E-state index in [1.165, 1.54) is 11.3 Å². The molecule has 1 amide bonds. The second-order valence-corrected chi connectivity index (χ2v) is 6.40. The quantitative estimate of drug-likeness (QED) is 0.889. The second kappa shape index (κ2) is 5.03. The average molecular weight is 291 g/mol. The fourth-order valence-corrected chi connectivity index (χ4v) is 3.40. The van der Waals surface area contributed by atoms with Crippen molar-refractivity contribution in [3.05, 3.63) is 23.3 Å². The first-order valence-electron chi connectivity index (χ1n) is 6.61. The van der Waals surface area contributed by atoms with Gasteiger partial charge in [-0.25, -0.2) is 0 Å². The van der Waals surface area contributed by atoms with Crippen molar-refractivity contribution in [2.24, 2.45) is 0 Å². The van der Waals surface area contributed by atoms with Crippen LogP contribution >= 0.6 is 11.3 Å². The van der Waals surface area contributed by atoms with E-state index in [4.69, 9.17) is 10.5 Å². The Bertz CT molecular complexity index is 647. The predicted octanol–water partition coefficient (Wildman–Crippen LogP) is 2.18. The molecule has 0 aliphatic carbocycles. The summed E-state index contributed by atoms with van der Waals surface area (Å²) in [5.74, 6) is -0.104. The molecular weight excluding hydrogens is 274 g/mol. The summed E-state index contributed by atoms with van der Waals surface area (Å²) < 4.78 is 6.28. The molecule has 1 fully saturated rings. The molecule has 5 nitrogen and oxygen atoms in total. The maximum Gasteiger partial charge on any atom is 0.263 e. The predicted molar refractivity (Wildman–Crippen MR) is 80.0 cm³/mol. The van der Waals surface area contributed by atoms with Gasteiger partial charge in [0.05, 0.1) is 10.4 Å². The minimum Gasteiger partial charge on any atom is -0.397 e. The van der Waals surface area contributed by atoms with E-state index in [0.29, 0.717) is 23.8 Å². The number of nitrogens with two attached hydrogens (primary N) is 1. The Hall–Kier alpha value is -1.66. The molecule has 0 spiro atoms. The molecule has 2 aromatic rings. The fraction of sp³-hybridized carbons (Fsp3) is 0.429. The number of carbonyl (C=O) groups is 1. The number of aromatic nitrogens is 1. The fourth-order valence-electron chi connectivity index (χ4n) is 2.42. The number of anilines is 1. The third-order valence-electron chi connectivity index (χ3n) is 3.75. The van der Waals surface area contributed by atoms with Crippen molar-refractivity contribution < 1.29 is 9.53 Å². The highest BCUT2D eigenvalue weighted by molar-refractivity contribution is 7.21. The number of pyridine rings is 1. The Morgan fingerprint density at radius 1 is 1.50 bits per heavy atom. The summed E-state index contributed by atoms with van der Waals surface area (Å²) in [4.78, 5) is 17.1. The second-order valence-electron chi connectivity index (χ2n) is 5.34. The molecule has 1 aliphatic heterocycles. The molecule has 0 radical (unpaired) electrons. The van der Waals surface area contributed by atoms with E-state index < -0.39 is 0 Å². The lowest BCUT2D eigenvalue weighted by molar-refractivity contribution is 0.0424. The molecule has 2 aromatic heterocycles. The lowest BCUT2D eigenvalue weighted by Gasteiger charge is -2.34. The molecule has 106 valence electrons. The minimum atomic E-state index is -0.212. The van der Waals surface area contributed by atoms with Gasteiger partial charge in [0, 0.05) is 36.5 Å². The lowest BCUT2D eigenvalue weighted by Crippen LogP contribution is -2.49. The number of nitrogens with one attached hydrogen (secondary N) is 1. The van der Waals surface area contributed by atoms with Crippen molar-refractivity contribution in [2.75, 3.05) is 18.9 Å². The molecule has 1 aliphatic rings. The van der Waals surface area contributed by atoms with E-state index in [1.54, 1.807) is 12.4 Å². The van der Waals surface area contributed by atoms with Gasteiger partial charge >= 0.3 is 0 Å². The molecule has 3 rings (SSSR count). The topological polar surface area (TPSA) is 77.2 Å². The number of thiophene rings is 1. The van der Waals surface area contributed by atoms with Crippen LogP contribution in [0.15, 0.2) is 18.5 Å². The van der Waals surface area contributed by atoms with E-state index in [-0.39, 0.29) is 11.4 Å². The van der Waals surface area contributed by atoms with Gasteiger partial charge in [0.15, 0.2) is 0 Å². The standard InChI is InChI=1S/C14H17N3O2S/c1-14(3-6-19-7-4-14)17-13(18)12-11(15)9-2-5-16-8-10(9)20-12/h2,5,8H,3-4,6-7,15H2,1H3,(H,17,18). The van der Waals surface area contributed by atoms with Crippen molar-refractivity contribution in [3.8, 4) is 0 Å². The summed E-state index contributed by atoms with van der Waals surface area (Å²) >= 11 is 1.39. The molecule has 1 saturated heterocycles. The molecule has 0 atom stereocenters. The molecule has 6 heteroatoms. The smallest absolute Gasteiger partial charge is 0.263 e. The Kier molecular flexibility index (Phi) is 3.35. The van der Waals surface area contributed by atoms with Crippen LogP contribution in [0.25, 0.3) is 10.1 Å². The molecule has 0 bridgehead atoms. The number of nitrogens with zero attached hydrogens (tertiary/aromatic N) is 1. The van der Waals surface area contributed by atoms with Crippen molar-refractivity contribution in [1.82, 2.24) is 10.3 Å². The molecular formula is C14H17N3O2S. The van der Waals surface area contributed by atoms with Gasteiger partial charge in [-0.2, -0.15) is 0 Å². The summed E-state index contributed by atoms with van der Waals surface area (Å²) in [7, 11) is 0. The summed E-state index contributed by atoms with van der Waals surface area (Å²) in [5.41, 5.74) is 6.42. The van der Waals surface area contributed by atoms with Gasteiger partial charge in [0.25, 0.3) is 5.91 Å². The zero-order chi connectivity index (χ0) is 14.2. The van der Waals surface area contributed by atoms with Crippen molar-refractivity contribution in [2.45, 2.75) is 25.3 Å². The first-order valence-corrected chi connectivity index (χ1v) is 7.43. The maximum atomic E-state index is 12.5. The van der Waals surface area contributed by atoms with Gasteiger partial charge in [0.2, 0.25) is 0 Å². The van der Waals surface area contributed by atoms with Gasteiger partial charge in [-0.1, -0.05) is 0 Å². The highest BCUT2D eigenvalue weighted by atomic mass is 32.1. The van der Waals surface area contributed by atoms with Crippen molar-refractivity contribution >= 4 is 33.0 Å². The normalized spacial score (nSPS) is 18.1. The van der Waals surface area contributed by atoms with E-state index in [0.717, 1.165) is 22.9 Å². The highest BCUT2D eigenvalue weighted by Crippen LogP contribution is 2.33. The molecule has 0 unspecified atom stereocenters. The number of hydrogen-bond acceptors (Lipinski definition) is 5. The number of ether oxygens (including phenoxy) is 1. The third kappa shape index (κ3) is 2.36. The third-order valence-corrected chi connectivity index (χ3v) is 4.90. The average Bonchev–Trinajstić information content (AvgIpc) is 2.77. The van der Waals surface area contributed by atoms with Crippen LogP contribution in [-0.4, -0.2) is 29.6 Å². The zero-order valence-corrected chi connectivity index (χ0v) is 12.1. The number of amides is 1. The number of nitrogen functional groups attached to an aromatic ring is 1. The summed E-state index contributed by atoms with van der Waals surface area (Å²) in [6.45, 7) is 3.42. The Labute approximate surface area is 121 Å². The van der Waals surface area contributed by atoms with Crippen LogP contribution in [0.3, 0.4) is 0 Å². The number of carbonyl (C=O) groups excluding carboxylic acids is 1. The summed E-state index contributed by atoms with van der Waals surface area (Å²) in [6, 6.07) is 1.84. The van der Waals surface area contributed by atoms with E-state index >= 15 is 0 Å². The van der Waals surface area contributed by atoms with Gasteiger partial charge < -0.3 is 15.8 Å². The molecule has 0 aromatic carbocycles. The van der Waals surface area contributed by atoms with E-state index in [9.17, 15) is 4.79 Å². The molecule has 0 saturated carbocycles. The van der Waals surface area contributed by atoms with Crippen molar-refractivity contribution in [1.29, 1.82) is 0 Å². The Morgan fingerprint density at radius 3 is 2.95 bits per heavy atom. The lowest BCUT2D eigenvalue weighted by atomic mass is 9.92. The number of fused-ring (bicyclic) bond motifs is 1. The van der Waals surface area contributed by atoms with Gasteiger partial charge in [-0.3, -0.25) is 9.78 Å². The summed E-state index contributed by atoms with van der Waals surface area (Å²) in [5, 5.41) is 4.00. The molecule has 20 heavy (non-hydrogen) atoms. The van der Waals surface area contributed by atoms with Crippen LogP contribution in [0.1, 0.15) is 29.4 Å². The Morgan fingerprint density at radius 2 is 2.25 bits per heavy atom. The van der Waals surface area contributed by atoms with Crippen LogP contribution in [0.2, 0.25) is 0 Å². The van der Waals surface area contributed by atoms with Gasteiger partial charge in [-0.05, 0) is 25.8 Å². The van der Waals surface area contributed by atoms with Gasteiger partial charge in [0.1, 0.15) is 4.88 Å². The molecule has 3 N–H and O–H groups in total. The number of rotatable bonds is 2. The van der Waals surface area contributed by atoms with Crippen LogP contribution < -0.4 is 11.1 Å². The van der Waals surface area contributed by atoms with Crippen LogP contribution in [0.4, 0.5) is 5.69 Å². The first kappa shape index (κ1) is 13.3. The highest BCUT2D eigenvalue weighted by Gasteiger charge is 2.30. The largest absolute Gasteiger partial charge is 0.397 e. The van der Waals surface area contributed by atoms with Crippen molar-refractivity contribution in [3.63, 3.8) is 0 Å². The SMILES string of the molecule is CC1(NC(=O)c2sc3cnccc3c2N)CCOCC1. The monoisotopic (exact) mass is 291 g/mol. The first-order chi connectivity index (χ1) is 9.59. The van der Waals surface area contributed by atoms with Crippen LogP contribution in [-0.2, 0) is 4.74 Å². The maximum absolute atomic E-state index is 12.5. The minimum absolute atomic E-state index is 0.104. The Balaban J connectivity index is 1.87. The van der Waals surface area contributed by atoms with Gasteiger partial charge in [-0.15, -0.1) is 11.3 Å².